The molecule has 5 aromatic carbocycles. The molecule has 382 valence electrons. The van der Waals surface area contributed by atoms with Crippen molar-refractivity contribution in [1.29, 1.82) is 0 Å². The minimum atomic E-state index is -0.514. The van der Waals surface area contributed by atoms with E-state index in [0.717, 1.165) is 85.6 Å². The number of anilines is 1. The molecular weight excluding hydrogens is 877 g/mol. The van der Waals surface area contributed by atoms with Crippen LogP contribution in [0.15, 0.2) is 97.1 Å². The largest absolute Gasteiger partial charge is 0.492 e. The van der Waals surface area contributed by atoms with Crippen LogP contribution in [-0.2, 0) is 32.1 Å². The molecule has 4 N–H and O–H groups in total. The molecule has 4 atom stereocenters. The highest BCUT2D eigenvalue weighted by atomic mass is 16.5. The van der Waals surface area contributed by atoms with Crippen LogP contribution < -0.4 is 23.8 Å². The summed E-state index contributed by atoms with van der Waals surface area (Å²) in [4.78, 5) is 4.14. The molecule has 5 aromatic rings. The van der Waals surface area contributed by atoms with Gasteiger partial charge in [0.1, 0.15) is 49.4 Å². The molecule has 0 saturated heterocycles. The van der Waals surface area contributed by atoms with Gasteiger partial charge in [0.05, 0.1) is 50.6 Å². The lowest BCUT2D eigenvalue weighted by atomic mass is 10.0. The van der Waals surface area contributed by atoms with E-state index in [1.807, 2.05) is 41.3 Å². The molecular formula is C60H84N2O8. The first-order valence-electron chi connectivity index (χ1n) is 25.9. The number of nitrogens with zero attached hydrogens (tertiary/aromatic N) is 2. The van der Waals surface area contributed by atoms with Crippen LogP contribution in [-0.4, -0.2) is 109 Å². The van der Waals surface area contributed by atoms with Gasteiger partial charge in [0.15, 0.2) is 0 Å². The van der Waals surface area contributed by atoms with E-state index in [1.54, 1.807) is 0 Å². The second-order valence-electron chi connectivity index (χ2n) is 19.0. The Balaban J connectivity index is 1.39. The molecule has 10 nitrogen and oxygen atoms in total. The third-order valence-corrected chi connectivity index (χ3v) is 13.6. The Kier molecular flexibility index (Phi) is 23.4. The van der Waals surface area contributed by atoms with Crippen molar-refractivity contribution in [2.24, 2.45) is 0 Å². The molecule has 70 heavy (non-hydrogen) atoms. The zero-order valence-corrected chi connectivity index (χ0v) is 43.6. The number of benzene rings is 5. The van der Waals surface area contributed by atoms with E-state index in [-0.39, 0.29) is 52.9 Å². The van der Waals surface area contributed by atoms with Gasteiger partial charge in [0.2, 0.25) is 0 Å². The maximum absolute atomic E-state index is 11.0. The Morgan fingerprint density at radius 3 is 0.957 bits per heavy atom. The van der Waals surface area contributed by atoms with Crippen molar-refractivity contribution in [3.8, 4) is 23.0 Å². The molecule has 0 amide bonds. The molecule has 0 bridgehead atoms. The third-order valence-electron chi connectivity index (χ3n) is 13.6. The fraction of sp³-hybridized carbons (Fsp3) is 0.500. The third kappa shape index (κ3) is 16.2. The Morgan fingerprint density at radius 2 is 0.686 bits per heavy atom. The van der Waals surface area contributed by atoms with E-state index in [1.165, 1.54) is 44.5 Å². The molecule has 0 radical (unpaired) electrons. The lowest BCUT2D eigenvalue weighted by Crippen LogP contribution is -2.52. The van der Waals surface area contributed by atoms with Crippen molar-refractivity contribution in [1.82, 2.24) is 4.90 Å². The summed E-state index contributed by atoms with van der Waals surface area (Å²) in [7, 11) is 0. The van der Waals surface area contributed by atoms with Crippen LogP contribution in [0.25, 0.3) is 0 Å². The van der Waals surface area contributed by atoms with Gasteiger partial charge in [0, 0.05) is 12.2 Å². The summed E-state index contributed by atoms with van der Waals surface area (Å²) < 4.78 is 25.5. The van der Waals surface area contributed by atoms with Crippen molar-refractivity contribution in [3.05, 3.63) is 147 Å². The molecule has 10 heteroatoms. The molecule has 5 rings (SSSR count). The summed E-state index contributed by atoms with van der Waals surface area (Å²) in [5.41, 5.74) is 11.7. The minimum absolute atomic E-state index is 0.178. The maximum Gasteiger partial charge on any atom is 0.119 e. The first-order valence-corrected chi connectivity index (χ1v) is 25.9. The van der Waals surface area contributed by atoms with E-state index in [0.29, 0.717) is 13.0 Å². The normalized spacial score (nSPS) is 13.2. The fourth-order valence-electron chi connectivity index (χ4n) is 9.43. The van der Waals surface area contributed by atoms with Gasteiger partial charge in [-0.05, 0) is 171 Å². The lowest BCUT2D eigenvalue weighted by Gasteiger charge is -2.38. The Labute approximate surface area is 420 Å². The number of hydrogen-bond donors (Lipinski definition) is 4. The highest BCUT2D eigenvalue weighted by Crippen LogP contribution is 2.27. The van der Waals surface area contributed by atoms with E-state index < -0.39 is 24.2 Å². The Bertz CT molecular complexity index is 2160. The smallest absolute Gasteiger partial charge is 0.119 e. The predicted octanol–water partition coefficient (Wildman–Crippen LogP) is 10.1. The van der Waals surface area contributed by atoms with Crippen LogP contribution in [0.3, 0.4) is 0 Å². The quantitative estimate of drug-likeness (QED) is 0.0331. The molecule has 0 aliphatic carbocycles. The highest BCUT2D eigenvalue weighted by molar-refractivity contribution is 5.50. The van der Waals surface area contributed by atoms with Crippen LogP contribution in [0.1, 0.15) is 103 Å². The number of aliphatic hydroxyl groups excluding tert-OH is 4. The van der Waals surface area contributed by atoms with Crippen LogP contribution in [0.2, 0.25) is 0 Å². The second kappa shape index (κ2) is 29.3. The number of aliphatic hydroxyl groups is 4. The van der Waals surface area contributed by atoms with Gasteiger partial charge >= 0.3 is 0 Å². The van der Waals surface area contributed by atoms with Gasteiger partial charge in [-0.1, -0.05) is 89.8 Å². The number of aryl methyl sites for hydroxylation is 8. The molecule has 0 aromatic heterocycles. The van der Waals surface area contributed by atoms with Gasteiger partial charge in [-0.2, -0.15) is 0 Å². The van der Waals surface area contributed by atoms with E-state index in [9.17, 15) is 20.4 Å². The van der Waals surface area contributed by atoms with Crippen LogP contribution >= 0.6 is 0 Å². The topological polar surface area (TPSA) is 124 Å². The van der Waals surface area contributed by atoms with Gasteiger partial charge in [-0.25, -0.2) is 0 Å². The zero-order chi connectivity index (χ0) is 50.4. The zero-order valence-electron chi connectivity index (χ0n) is 43.6. The monoisotopic (exact) mass is 961 g/mol. The van der Waals surface area contributed by atoms with Crippen molar-refractivity contribution in [3.63, 3.8) is 0 Å². The predicted molar refractivity (Wildman–Crippen MR) is 286 cm³/mol. The number of ether oxygens (including phenoxy) is 4. The average Bonchev–Trinajstić information content (AvgIpc) is 3.36. The van der Waals surface area contributed by atoms with Gasteiger partial charge in [-0.15, -0.1) is 0 Å². The van der Waals surface area contributed by atoms with Gasteiger partial charge in [-0.3, -0.25) is 4.90 Å². The molecule has 0 aliphatic heterocycles. The summed E-state index contributed by atoms with van der Waals surface area (Å²) in [6.07, 6.45) is 8.87. The summed E-state index contributed by atoms with van der Waals surface area (Å²) in [6.45, 7) is 17.6. The first-order chi connectivity index (χ1) is 34.0. The van der Waals surface area contributed by atoms with Crippen molar-refractivity contribution in [2.45, 2.75) is 137 Å². The summed E-state index contributed by atoms with van der Waals surface area (Å²) in [5, 5.41) is 43.9. The highest BCUT2D eigenvalue weighted by Gasteiger charge is 2.30. The lowest BCUT2D eigenvalue weighted by molar-refractivity contribution is 0.0110. The maximum atomic E-state index is 11.0. The molecule has 0 fully saturated rings. The molecule has 4 unspecified atom stereocenters. The average molecular weight is 961 g/mol. The van der Waals surface area contributed by atoms with Crippen molar-refractivity contribution < 1.29 is 39.4 Å². The van der Waals surface area contributed by atoms with Crippen molar-refractivity contribution in [2.75, 3.05) is 64.3 Å². The summed E-state index contributed by atoms with van der Waals surface area (Å²) in [5.74, 6) is 2.95. The fourth-order valence-corrected chi connectivity index (χ4v) is 9.43. The minimum Gasteiger partial charge on any atom is -0.492 e. The van der Waals surface area contributed by atoms with Crippen LogP contribution in [0, 0.1) is 27.7 Å². The molecule has 0 aliphatic rings. The van der Waals surface area contributed by atoms with Crippen LogP contribution in [0.4, 0.5) is 5.69 Å². The molecule has 0 heterocycles. The van der Waals surface area contributed by atoms with E-state index in [2.05, 4.69) is 121 Å². The van der Waals surface area contributed by atoms with Gasteiger partial charge < -0.3 is 44.3 Å². The number of rotatable bonds is 32. The van der Waals surface area contributed by atoms with Gasteiger partial charge in [0.25, 0.3) is 0 Å². The Morgan fingerprint density at radius 1 is 0.386 bits per heavy atom. The molecule has 0 saturated carbocycles. The number of hydrogen-bond acceptors (Lipinski definition) is 10. The standard InChI is InChI=1S/C60H84N2O8/c1-9-13-48-19-25-57(31-43(48)5)67-39-53(35-63)61(54(36-64)40-68-58-26-20-49(14-10-2)44(6)32-58)30-29-47-17-23-52(24-18-47)62(55(37-65)41-69-59-27-21-50(15-11-3)45(7)33-59)56(38-66)42-70-60-28-22-51(16-12-4)46(8)34-60/h17-28,31-34,53-56,63-66H,9-16,29-30,35-42H2,1-8H3. The summed E-state index contributed by atoms with van der Waals surface area (Å²) >= 11 is 0. The first kappa shape index (κ1) is 55.8. The molecule has 0 spiro atoms. The van der Waals surface area contributed by atoms with Crippen LogP contribution in [0.5, 0.6) is 23.0 Å². The van der Waals surface area contributed by atoms with E-state index in [4.69, 9.17) is 18.9 Å². The Hall–Kier alpha value is -5.10. The summed E-state index contributed by atoms with van der Waals surface area (Å²) in [6, 6.07) is 30.9. The SMILES string of the molecule is CCCc1ccc(OCC(CO)N(CCc2ccc(N(C(CO)COc3ccc(CCC)c(C)c3)C(CO)COc3ccc(CCC)c(C)c3)cc2)C(CO)COc2ccc(CCC)c(C)c2)cc1C. The van der Waals surface area contributed by atoms with E-state index >= 15 is 0 Å². The second-order valence-corrected chi connectivity index (χ2v) is 19.0. The van der Waals surface area contributed by atoms with Crippen molar-refractivity contribution >= 4 is 5.69 Å².